The van der Waals surface area contributed by atoms with Crippen molar-refractivity contribution in [3.8, 4) is 0 Å². The smallest absolute Gasteiger partial charge is 0.339 e. The predicted molar refractivity (Wildman–Crippen MR) is 77.2 cm³/mol. The van der Waals surface area contributed by atoms with Crippen molar-refractivity contribution < 1.29 is 17.6 Å². The van der Waals surface area contributed by atoms with Gasteiger partial charge in [-0.3, -0.25) is 5.43 Å². The number of hydrazine groups is 1. The Morgan fingerprint density at radius 1 is 1.14 bits per heavy atom. The molecule has 0 unspecified atom stereocenters. The average molecular weight is 413 g/mol. The van der Waals surface area contributed by atoms with Crippen LogP contribution in [0.2, 0.25) is 0 Å². The molecule has 0 radical (unpaired) electrons. The van der Waals surface area contributed by atoms with Crippen LogP contribution in [0.1, 0.15) is 5.69 Å². The van der Waals surface area contributed by atoms with Gasteiger partial charge in [0.15, 0.2) is 5.69 Å². The summed E-state index contributed by atoms with van der Waals surface area (Å²) in [5.74, 6) is 4.10. The second kappa shape index (κ2) is 5.97. The highest BCUT2D eigenvalue weighted by Crippen LogP contribution is 2.31. The van der Waals surface area contributed by atoms with Crippen molar-refractivity contribution in [3.05, 3.63) is 39.3 Å². The highest BCUT2D eigenvalue weighted by molar-refractivity contribution is 14.1. The zero-order valence-electron chi connectivity index (χ0n) is 10.2. The van der Waals surface area contributed by atoms with Gasteiger partial charge in [-0.15, -0.1) is 0 Å². The lowest BCUT2D eigenvalue weighted by atomic mass is 10.3. The van der Waals surface area contributed by atoms with Gasteiger partial charge in [0.05, 0.1) is 5.69 Å². The number of hydrogen-bond donors (Lipinski definition) is 3. The van der Waals surface area contributed by atoms with Crippen molar-refractivity contribution in [2.24, 2.45) is 5.84 Å². The van der Waals surface area contributed by atoms with Crippen molar-refractivity contribution in [1.82, 2.24) is 9.97 Å². The van der Waals surface area contributed by atoms with Crippen LogP contribution in [0.5, 0.6) is 0 Å². The number of nitrogens with zero attached hydrogens (tertiary/aromatic N) is 2. The largest absolute Gasteiger partial charge is 0.433 e. The Kier molecular flexibility index (Phi) is 4.46. The number of rotatable bonds is 3. The molecule has 2 rings (SSSR count). The number of nitrogens with two attached hydrogens (primary N) is 1. The van der Waals surface area contributed by atoms with Crippen molar-refractivity contribution in [3.63, 3.8) is 0 Å². The molecule has 10 heteroatoms. The third-order valence-electron chi connectivity index (χ3n) is 2.34. The minimum Gasteiger partial charge on any atom is -0.339 e. The summed E-state index contributed by atoms with van der Waals surface area (Å²) in [6.45, 7) is 0. The third-order valence-corrected chi connectivity index (χ3v) is 3.23. The molecule has 5 nitrogen and oxygen atoms in total. The van der Waals surface area contributed by atoms with E-state index >= 15 is 0 Å². The summed E-state index contributed by atoms with van der Waals surface area (Å²) in [5, 5.41) is 2.67. The number of anilines is 3. The predicted octanol–water partition coefficient (Wildman–Crippen LogP) is 3.27. The Balaban J connectivity index is 2.39. The molecular weight excluding hydrogens is 405 g/mol. The summed E-state index contributed by atoms with van der Waals surface area (Å²) >= 11 is 1.85. The van der Waals surface area contributed by atoms with Gasteiger partial charge in [0.25, 0.3) is 0 Å². The molecule has 0 saturated carbocycles. The summed E-state index contributed by atoms with van der Waals surface area (Å²) in [4.78, 5) is 7.00. The van der Waals surface area contributed by atoms with Gasteiger partial charge in [-0.1, -0.05) is 0 Å². The number of halogens is 5. The molecule has 0 amide bonds. The molecule has 0 saturated heterocycles. The summed E-state index contributed by atoms with van der Waals surface area (Å²) in [6, 6.07) is 4.54. The maximum absolute atomic E-state index is 13.0. The van der Waals surface area contributed by atoms with E-state index in [-0.39, 0.29) is 11.8 Å². The molecule has 4 N–H and O–H groups in total. The molecule has 1 aromatic carbocycles. The molecule has 0 bridgehead atoms. The van der Waals surface area contributed by atoms with Gasteiger partial charge in [0, 0.05) is 9.64 Å². The molecule has 0 aliphatic heterocycles. The molecular formula is C11H8F4IN5. The van der Waals surface area contributed by atoms with Gasteiger partial charge in [-0.05, 0) is 40.8 Å². The molecule has 0 fully saturated rings. The first kappa shape index (κ1) is 15.7. The Morgan fingerprint density at radius 2 is 1.86 bits per heavy atom. The Morgan fingerprint density at radius 3 is 2.43 bits per heavy atom. The van der Waals surface area contributed by atoms with Crippen molar-refractivity contribution >= 4 is 40.0 Å². The van der Waals surface area contributed by atoms with E-state index in [1.807, 2.05) is 28.0 Å². The lowest BCUT2D eigenvalue weighted by molar-refractivity contribution is -0.141. The van der Waals surface area contributed by atoms with Crippen LogP contribution in [0.4, 0.5) is 35.0 Å². The van der Waals surface area contributed by atoms with E-state index in [1.54, 1.807) is 0 Å². The van der Waals surface area contributed by atoms with E-state index in [0.717, 1.165) is 6.07 Å². The Bertz CT molecular complexity index is 662. The van der Waals surface area contributed by atoms with Crippen LogP contribution < -0.4 is 16.6 Å². The van der Waals surface area contributed by atoms with Crippen molar-refractivity contribution in [2.75, 3.05) is 10.7 Å². The van der Waals surface area contributed by atoms with Crippen molar-refractivity contribution in [1.29, 1.82) is 0 Å². The van der Waals surface area contributed by atoms with Crippen LogP contribution in [0.3, 0.4) is 0 Å². The van der Waals surface area contributed by atoms with E-state index in [0.29, 0.717) is 9.26 Å². The number of nitrogens with one attached hydrogen (secondary N) is 2. The fourth-order valence-corrected chi connectivity index (χ4v) is 2.06. The monoisotopic (exact) mass is 413 g/mol. The molecule has 0 spiro atoms. The summed E-state index contributed by atoms with van der Waals surface area (Å²) < 4.78 is 51.6. The Labute approximate surface area is 130 Å². The van der Waals surface area contributed by atoms with Crippen LogP contribution in [-0.2, 0) is 6.18 Å². The summed E-state index contributed by atoms with van der Waals surface area (Å²) in [7, 11) is 0. The highest BCUT2D eigenvalue weighted by Gasteiger charge is 2.33. The van der Waals surface area contributed by atoms with Crippen molar-refractivity contribution in [2.45, 2.75) is 6.18 Å². The van der Waals surface area contributed by atoms with Crippen LogP contribution in [-0.4, -0.2) is 9.97 Å². The van der Waals surface area contributed by atoms with E-state index in [1.165, 1.54) is 18.2 Å². The topological polar surface area (TPSA) is 75.9 Å². The zero-order valence-corrected chi connectivity index (χ0v) is 12.3. The van der Waals surface area contributed by atoms with Crippen LogP contribution >= 0.6 is 22.6 Å². The quantitative estimate of drug-likeness (QED) is 0.312. The van der Waals surface area contributed by atoms with Gasteiger partial charge < -0.3 is 5.32 Å². The highest BCUT2D eigenvalue weighted by atomic mass is 127. The van der Waals surface area contributed by atoms with Gasteiger partial charge >= 0.3 is 6.18 Å². The number of nitrogen functional groups attached to an aromatic ring is 1. The maximum atomic E-state index is 13.0. The Hall–Kier alpha value is -1.69. The first-order chi connectivity index (χ1) is 9.79. The minimum atomic E-state index is -4.64. The molecule has 112 valence electrons. The molecule has 1 heterocycles. The average Bonchev–Trinajstić information content (AvgIpc) is 2.40. The van der Waals surface area contributed by atoms with Crippen LogP contribution in [0.25, 0.3) is 0 Å². The van der Waals surface area contributed by atoms with E-state index in [2.05, 4.69) is 15.3 Å². The van der Waals surface area contributed by atoms with Gasteiger partial charge in [-0.2, -0.15) is 18.2 Å². The second-order valence-corrected chi connectivity index (χ2v) is 5.02. The molecule has 0 aliphatic rings. The molecule has 2 aromatic rings. The van der Waals surface area contributed by atoms with Gasteiger partial charge in [-0.25, -0.2) is 15.2 Å². The first-order valence-electron chi connectivity index (χ1n) is 5.44. The molecule has 0 aliphatic carbocycles. The number of aromatic nitrogens is 2. The summed E-state index contributed by atoms with van der Waals surface area (Å²) in [6.07, 6.45) is -4.64. The fourth-order valence-electron chi connectivity index (χ4n) is 1.45. The molecule has 21 heavy (non-hydrogen) atoms. The van der Waals surface area contributed by atoms with Crippen LogP contribution in [0, 0.1) is 9.39 Å². The van der Waals surface area contributed by atoms with Gasteiger partial charge in [0.1, 0.15) is 11.6 Å². The van der Waals surface area contributed by atoms with E-state index in [4.69, 9.17) is 5.84 Å². The number of hydrogen-bond acceptors (Lipinski definition) is 5. The molecule has 0 atom stereocenters. The van der Waals surface area contributed by atoms with E-state index in [9.17, 15) is 17.6 Å². The number of benzene rings is 1. The normalized spacial score (nSPS) is 11.3. The first-order valence-corrected chi connectivity index (χ1v) is 6.52. The third kappa shape index (κ3) is 3.91. The zero-order chi connectivity index (χ0) is 15.6. The van der Waals surface area contributed by atoms with Gasteiger partial charge in [0.2, 0.25) is 5.95 Å². The second-order valence-electron chi connectivity index (χ2n) is 3.85. The van der Waals surface area contributed by atoms with E-state index < -0.39 is 17.7 Å². The standard InChI is InChI=1S/C11H8F4IN5/c12-5-1-2-7(6(16)3-5)18-9-4-8(11(13,14)15)19-10(20-9)21-17/h1-4H,17H2,(H2,18,19,20,21). The summed E-state index contributed by atoms with van der Waals surface area (Å²) in [5.41, 5.74) is 1.23. The lowest BCUT2D eigenvalue weighted by Crippen LogP contribution is -2.16. The maximum Gasteiger partial charge on any atom is 0.433 e. The minimum absolute atomic E-state index is 0.116. The van der Waals surface area contributed by atoms with Crippen LogP contribution in [0.15, 0.2) is 24.3 Å². The lowest BCUT2D eigenvalue weighted by Gasteiger charge is -2.12. The molecule has 1 aromatic heterocycles. The number of alkyl halides is 3. The fraction of sp³-hybridized carbons (Fsp3) is 0.0909. The SMILES string of the molecule is NNc1nc(Nc2ccc(F)cc2I)cc(C(F)(F)F)n1.